The predicted molar refractivity (Wildman–Crippen MR) is 67.4 cm³/mol. The molecule has 0 bridgehead atoms. The van der Waals surface area contributed by atoms with Gasteiger partial charge in [-0.1, -0.05) is 0 Å². The summed E-state index contributed by atoms with van der Waals surface area (Å²) in [5.74, 6) is 0.500. The number of H-pyrrole nitrogens is 1. The number of fused-ring (bicyclic) bond motifs is 1. The van der Waals surface area contributed by atoms with Gasteiger partial charge in [0, 0.05) is 6.61 Å². The van der Waals surface area contributed by atoms with E-state index in [1.807, 2.05) is 0 Å². The predicted octanol–water partition coefficient (Wildman–Crippen LogP) is -1.33. The number of rotatable bonds is 5. The minimum Gasteiger partial charge on any atom is -0.396 e. The molecule has 0 amide bonds. The fourth-order valence-electron chi connectivity index (χ4n) is 2.06. The van der Waals surface area contributed by atoms with Crippen LogP contribution in [0.4, 0.5) is 17.5 Å². The Kier molecular flexibility index (Phi) is 3.68. The zero-order valence-corrected chi connectivity index (χ0v) is 9.89. The highest BCUT2D eigenvalue weighted by molar-refractivity contribution is 5.71. The smallest absolute Gasteiger partial charge is 0.277 e. The van der Waals surface area contributed by atoms with E-state index in [-0.39, 0.29) is 30.8 Å². The minimum atomic E-state index is -0.321. The summed E-state index contributed by atoms with van der Waals surface area (Å²) < 4.78 is 0. The van der Waals surface area contributed by atoms with Gasteiger partial charge in [-0.15, -0.1) is 0 Å². The Morgan fingerprint density at radius 2 is 2.28 bits per heavy atom. The number of aromatic amines is 1. The van der Waals surface area contributed by atoms with Crippen molar-refractivity contribution in [1.82, 2.24) is 9.97 Å². The molecule has 2 rings (SSSR count). The number of aliphatic hydroxyl groups excluding tert-OH is 2. The largest absolute Gasteiger partial charge is 0.396 e. The van der Waals surface area contributed by atoms with Crippen LogP contribution in [0.15, 0.2) is 4.79 Å². The van der Waals surface area contributed by atoms with Crippen LogP contribution in [0.25, 0.3) is 0 Å². The van der Waals surface area contributed by atoms with E-state index >= 15 is 0 Å². The third-order valence-corrected chi connectivity index (χ3v) is 2.96. The van der Waals surface area contributed by atoms with Crippen LogP contribution in [-0.4, -0.2) is 46.1 Å². The van der Waals surface area contributed by atoms with Crippen molar-refractivity contribution in [2.24, 2.45) is 0 Å². The first kappa shape index (κ1) is 12.7. The van der Waals surface area contributed by atoms with Gasteiger partial charge >= 0.3 is 0 Å². The van der Waals surface area contributed by atoms with Gasteiger partial charge in [0.05, 0.1) is 19.3 Å². The third kappa shape index (κ3) is 2.24. The molecule has 0 aromatic carbocycles. The SMILES string of the molecule is Nc1nc2c(c(=O)[nH]1)NCN2C(CO)CCCO. The summed E-state index contributed by atoms with van der Waals surface area (Å²) >= 11 is 0. The normalized spacial score (nSPS) is 15.3. The van der Waals surface area contributed by atoms with Crippen molar-refractivity contribution in [3.8, 4) is 0 Å². The molecule has 1 aliphatic heterocycles. The maximum absolute atomic E-state index is 11.6. The molecule has 1 aliphatic rings. The number of aliphatic hydroxyl groups is 2. The van der Waals surface area contributed by atoms with E-state index in [9.17, 15) is 9.90 Å². The van der Waals surface area contributed by atoms with Crippen LogP contribution < -0.4 is 21.5 Å². The number of nitrogens with two attached hydrogens (primary N) is 1. The first-order chi connectivity index (χ1) is 8.67. The van der Waals surface area contributed by atoms with Crippen molar-refractivity contribution in [3.05, 3.63) is 10.4 Å². The van der Waals surface area contributed by atoms with Crippen molar-refractivity contribution >= 4 is 17.5 Å². The highest BCUT2D eigenvalue weighted by Gasteiger charge is 2.28. The number of nitrogen functional groups attached to an aromatic ring is 1. The molecule has 2 heterocycles. The Morgan fingerprint density at radius 1 is 1.50 bits per heavy atom. The zero-order valence-electron chi connectivity index (χ0n) is 9.89. The van der Waals surface area contributed by atoms with E-state index in [0.717, 1.165) is 0 Å². The van der Waals surface area contributed by atoms with E-state index in [1.165, 1.54) is 0 Å². The molecule has 6 N–H and O–H groups in total. The van der Waals surface area contributed by atoms with Crippen LogP contribution in [-0.2, 0) is 0 Å². The van der Waals surface area contributed by atoms with Gasteiger partial charge in [-0.2, -0.15) is 4.98 Å². The minimum absolute atomic E-state index is 0.0475. The quantitative estimate of drug-likeness (QED) is 0.441. The van der Waals surface area contributed by atoms with E-state index in [1.54, 1.807) is 4.90 Å². The van der Waals surface area contributed by atoms with E-state index in [0.29, 0.717) is 31.0 Å². The Labute approximate surface area is 103 Å². The maximum Gasteiger partial charge on any atom is 0.277 e. The first-order valence-corrected chi connectivity index (χ1v) is 5.79. The van der Waals surface area contributed by atoms with Gasteiger partial charge in [-0.05, 0) is 12.8 Å². The lowest BCUT2D eigenvalue weighted by Crippen LogP contribution is -2.38. The molecule has 1 unspecified atom stereocenters. The van der Waals surface area contributed by atoms with Gasteiger partial charge in [0.25, 0.3) is 5.56 Å². The average Bonchev–Trinajstić information content (AvgIpc) is 2.74. The summed E-state index contributed by atoms with van der Waals surface area (Å²) in [6.45, 7) is 0.386. The van der Waals surface area contributed by atoms with E-state index < -0.39 is 0 Å². The van der Waals surface area contributed by atoms with Gasteiger partial charge < -0.3 is 26.2 Å². The van der Waals surface area contributed by atoms with Gasteiger partial charge in [0.1, 0.15) is 5.69 Å². The number of hydrogen-bond acceptors (Lipinski definition) is 7. The van der Waals surface area contributed by atoms with Gasteiger partial charge in [0.15, 0.2) is 5.82 Å². The van der Waals surface area contributed by atoms with Gasteiger partial charge in [0.2, 0.25) is 5.95 Å². The molecule has 8 nitrogen and oxygen atoms in total. The molecule has 8 heteroatoms. The molecule has 1 atom stereocenters. The summed E-state index contributed by atoms with van der Waals surface area (Å²) in [7, 11) is 0. The fraction of sp³-hybridized carbons (Fsp3) is 0.600. The molecule has 0 spiro atoms. The van der Waals surface area contributed by atoms with E-state index in [4.69, 9.17) is 10.8 Å². The molecular weight excluding hydrogens is 238 g/mol. The van der Waals surface area contributed by atoms with Crippen molar-refractivity contribution in [3.63, 3.8) is 0 Å². The van der Waals surface area contributed by atoms with Crippen LogP contribution >= 0.6 is 0 Å². The fourth-order valence-corrected chi connectivity index (χ4v) is 2.06. The summed E-state index contributed by atoms with van der Waals surface area (Å²) in [6, 6.07) is -0.195. The Morgan fingerprint density at radius 3 is 2.94 bits per heavy atom. The third-order valence-electron chi connectivity index (χ3n) is 2.96. The topological polar surface area (TPSA) is 128 Å². The van der Waals surface area contributed by atoms with Crippen LogP contribution in [0.5, 0.6) is 0 Å². The Hall–Kier alpha value is -1.80. The first-order valence-electron chi connectivity index (χ1n) is 5.79. The second-order valence-corrected chi connectivity index (χ2v) is 4.16. The van der Waals surface area contributed by atoms with Crippen molar-refractivity contribution in [2.75, 3.05) is 35.8 Å². The number of anilines is 3. The van der Waals surface area contributed by atoms with Crippen molar-refractivity contribution < 1.29 is 10.2 Å². The summed E-state index contributed by atoms with van der Waals surface area (Å²) in [6.07, 6.45) is 1.19. The molecule has 0 aliphatic carbocycles. The summed E-state index contributed by atoms with van der Waals surface area (Å²) in [5.41, 5.74) is 5.56. The molecule has 0 saturated carbocycles. The highest BCUT2D eigenvalue weighted by Crippen LogP contribution is 2.28. The molecule has 1 aromatic rings. The molecular formula is C10H17N5O3. The Bertz CT molecular complexity index is 475. The molecule has 0 saturated heterocycles. The van der Waals surface area contributed by atoms with Crippen LogP contribution in [0.3, 0.4) is 0 Å². The Balaban J connectivity index is 2.27. The molecule has 100 valence electrons. The van der Waals surface area contributed by atoms with Crippen LogP contribution in [0.1, 0.15) is 12.8 Å². The molecule has 0 fully saturated rings. The molecule has 18 heavy (non-hydrogen) atoms. The maximum atomic E-state index is 11.6. The zero-order chi connectivity index (χ0) is 13.1. The lowest BCUT2D eigenvalue weighted by molar-refractivity contribution is 0.233. The molecule has 0 radical (unpaired) electrons. The monoisotopic (exact) mass is 255 g/mol. The number of nitrogens with zero attached hydrogens (tertiary/aromatic N) is 2. The summed E-state index contributed by atoms with van der Waals surface area (Å²) in [4.78, 5) is 19.9. The van der Waals surface area contributed by atoms with Crippen LogP contribution in [0.2, 0.25) is 0 Å². The number of nitrogens with one attached hydrogen (secondary N) is 2. The average molecular weight is 255 g/mol. The van der Waals surface area contributed by atoms with Gasteiger partial charge in [-0.3, -0.25) is 9.78 Å². The highest BCUT2D eigenvalue weighted by atomic mass is 16.3. The lowest BCUT2D eigenvalue weighted by atomic mass is 10.1. The van der Waals surface area contributed by atoms with Gasteiger partial charge in [-0.25, -0.2) is 0 Å². The number of aromatic nitrogens is 2. The van der Waals surface area contributed by atoms with Crippen molar-refractivity contribution in [2.45, 2.75) is 18.9 Å². The van der Waals surface area contributed by atoms with Crippen molar-refractivity contribution in [1.29, 1.82) is 0 Å². The lowest BCUT2D eigenvalue weighted by Gasteiger charge is -2.26. The summed E-state index contributed by atoms with van der Waals surface area (Å²) in [5, 5.41) is 21.1. The number of hydrogen-bond donors (Lipinski definition) is 5. The molecule has 1 aromatic heterocycles. The second-order valence-electron chi connectivity index (χ2n) is 4.16. The second kappa shape index (κ2) is 5.23. The standard InChI is InChI=1S/C10H17N5O3/c11-10-13-8-7(9(18)14-10)12-5-15(8)6(4-17)2-1-3-16/h6,12,16-17H,1-5H2,(H3,11,13,14,18). The van der Waals surface area contributed by atoms with E-state index in [2.05, 4.69) is 15.3 Å². The van der Waals surface area contributed by atoms with Crippen LogP contribution in [0, 0.1) is 0 Å².